The number of carbonyl (C=O) groups excluding carboxylic acids is 1. The fourth-order valence-corrected chi connectivity index (χ4v) is 4.66. The number of hydrogen-bond acceptors (Lipinski definition) is 3. The SMILES string of the molecule is C=C(C)C(=O)c1ccc(C2CCCCCCS(=O)(=O)C=C2C)cc1. The van der Waals surface area contributed by atoms with Gasteiger partial charge in [-0.2, -0.15) is 0 Å². The number of ketones is 1. The van der Waals surface area contributed by atoms with Crippen LogP contribution < -0.4 is 0 Å². The summed E-state index contributed by atoms with van der Waals surface area (Å²) in [5.74, 6) is 0.275. The molecule has 1 aromatic carbocycles. The molecule has 4 heteroatoms. The summed E-state index contributed by atoms with van der Waals surface area (Å²) in [6.07, 6.45) is 4.79. The average molecular weight is 346 g/mol. The van der Waals surface area contributed by atoms with Gasteiger partial charge in [-0.05, 0) is 37.8 Å². The Labute approximate surface area is 145 Å². The van der Waals surface area contributed by atoms with Crippen LogP contribution in [0, 0.1) is 0 Å². The molecular weight excluding hydrogens is 320 g/mol. The lowest BCUT2D eigenvalue weighted by molar-refractivity contribution is 0.103. The smallest absolute Gasteiger partial charge is 0.188 e. The first-order chi connectivity index (χ1) is 11.3. The zero-order valence-electron chi connectivity index (χ0n) is 14.5. The predicted molar refractivity (Wildman–Crippen MR) is 99.0 cm³/mol. The normalized spacial score (nSPS) is 21.6. The Morgan fingerprint density at radius 2 is 1.71 bits per heavy atom. The standard InChI is InChI=1S/C20H26O3S/c1-15(2)20(21)18-11-9-17(10-12-18)19-8-6-4-5-7-13-24(22,23)14-16(19)3/h9-12,14,19H,1,4-8,13H2,2-3H3. The molecule has 0 amide bonds. The lowest BCUT2D eigenvalue weighted by Gasteiger charge is -2.20. The molecule has 0 bridgehead atoms. The van der Waals surface area contributed by atoms with Gasteiger partial charge in [0.05, 0.1) is 5.75 Å². The van der Waals surface area contributed by atoms with Crippen LogP contribution in [0.2, 0.25) is 0 Å². The van der Waals surface area contributed by atoms with Gasteiger partial charge in [0.1, 0.15) is 0 Å². The number of rotatable bonds is 3. The molecule has 0 fully saturated rings. The Balaban J connectivity index is 2.32. The highest BCUT2D eigenvalue weighted by Gasteiger charge is 2.19. The van der Waals surface area contributed by atoms with Gasteiger partial charge in [-0.15, -0.1) is 0 Å². The topological polar surface area (TPSA) is 51.2 Å². The van der Waals surface area contributed by atoms with Crippen LogP contribution in [-0.2, 0) is 9.84 Å². The molecule has 130 valence electrons. The fraction of sp³-hybridized carbons (Fsp3) is 0.450. The van der Waals surface area contributed by atoms with Crippen molar-refractivity contribution >= 4 is 15.6 Å². The Morgan fingerprint density at radius 3 is 2.33 bits per heavy atom. The third-order valence-electron chi connectivity index (χ3n) is 4.55. The highest BCUT2D eigenvalue weighted by atomic mass is 32.2. The first kappa shape index (κ1) is 18.7. The Bertz CT molecular complexity index is 740. The van der Waals surface area contributed by atoms with E-state index in [1.807, 2.05) is 31.2 Å². The maximum Gasteiger partial charge on any atom is 0.188 e. The van der Waals surface area contributed by atoms with E-state index in [9.17, 15) is 13.2 Å². The van der Waals surface area contributed by atoms with E-state index >= 15 is 0 Å². The van der Waals surface area contributed by atoms with E-state index in [2.05, 4.69) is 6.58 Å². The summed E-state index contributed by atoms with van der Waals surface area (Å²) >= 11 is 0. The van der Waals surface area contributed by atoms with Crippen molar-refractivity contribution in [3.05, 3.63) is 58.5 Å². The fourth-order valence-electron chi connectivity index (χ4n) is 3.20. The molecule has 0 aromatic heterocycles. The summed E-state index contributed by atoms with van der Waals surface area (Å²) in [4.78, 5) is 12.0. The number of benzene rings is 1. The van der Waals surface area contributed by atoms with E-state index < -0.39 is 9.84 Å². The third kappa shape index (κ3) is 4.91. The molecule has 1 unspecified atom stereocenters. The molecule has 3 nitrogen and oxygen atoms in total. The van der Waals surface area contributed by atoms with Crippen LogP contribution in [0.1, 0.15) is 67.8 Å². The van der Waals surface area contributed by atoms with Crippen LogP contribution in [0.25, 0.3) is 0 Å². The van der Waals surface area contributed by atoms with Crippen LogP contribution in [-0.4, -0.2) is 20.0 Å². The summed E-state index contributed by atoms with van der Waals surface area (Å²) in [6.45, 7) is 7.29. The molecule has 1 atom stereocenters. The molecule has 0 radical (unpaired) electrons. The molecule has 0 saturated carbocycles. The van der Waals surface area contributed by atoms with Crippen molar-refractivity contribution in [2.45, 2.75) is 51.9 Å². The maximum absolute atomic E-state index is 12.2. The van der Waals surface area contributed by atoms with Gasteiger partial charge in [-0.25, -0.2) is 8.42 Å². The quantitative estimate of drug-likeness (QED) is 0.583. The second kappa shape index (κ2) is 7.93. The summed E-state index contributed by atoms with van der Waals surface area (Å²) < 4.78 is 24.3. The van der Waals surface area contributed by atoms with Crippen LogP contribution in [0.15, 0.2) is 47.4 Å². The van der Waals surface area contributed by atoms with Crippen molar-refractivity contribution in [1.29, 1.82) is 0 Å². The van der Waals surface area contributed by atoms with Crippen molar-refractivity contribution in [3.63, 3.8) is 0 Å². The maximum atomic E-state index is 12.2. The number of sulfone groups is 1. The van der Waals surface area contributed by atoms with Crippen molar-refractivity contribution in [3.8, 4) is 0 Å². The van der Waals surface area contributed by atoms with Crippen molar-refractivity contribution in [1.82, 2.24) is 0 Å². The van der Waals surface area contributed by atoms with E-state index in [0.717, 1.165) is 43.2 Å². The van der Waals surface area contributed by atoms with E-state index in [1.54, 1.807) is 6.92 Å². The lowest BCUT2D eigenvalue weighted by atomic mass is 9.87. The van der Waals surface area contributed by atoms with Gasteiger partial charge in [0.25, 0.3) is 0 Å². The molecule has 2 rings (SSSR count). The molecule has 0 aliphatic carbocycles. The van der Waals surface area contributed by atoms with Crippen molar-refractivity contribution < 1.29 is 13.2 Å². The number of Topliss-reactive ketones (excluding diaryl/α,β-unsaturated/α-hetero) is 1. The molecule has 1 heterocycles. The molecule has 0 saturated heterocycles. The monoisotopic (exact) mass is 346 g/mol. The van der Waals surface area contributed by atoms with Gasteiger partial charge in [-0.1, -0.05) is 55.7 Å². The minimum atomic E-state index is -3.13. The van der Waals surface area contributed by atoms with Gasteiger partial charge in [0.2, 0.25) is 0 Å². The highest BCUT2D eigenvalue weighted by molar-refractivity contribution is 7.94. The molecule has 0 spiro atoms. The third-order valence-corrected chi connectivity index (χ3v) is 6.14. The van der Waals surface area contributed by atoms with E-state index in [4.69, 9.17) is 0 Å². The largest absolute Gasteiger partial charge is 0.289 e. The number of allylic oxidation sites excluding steroid dienone is 2. The Kier molecular flexibility index (Phi) is 6.16. The minimum Gasteiger partial charge on any atom is -0.289 e. The second-order valence-corrected chi connectivity index (χ2v) is 8.69. The summed E-state index contributed by atoms with van der Waals surface area (Å²) in [6, 6.07) is 7.51. The first-order valence-corrected chi connectivity index (χ1v) is 10.2. The zero-order valence-corrected chi connectivity index (χ0v) is 15.4. The minimum absolute atomic E-state index is 0.0534. The van der Waals surface area contributed by atoms with E-state index in [1.165, 1.54) is 5.41 Å². The number of hydrogen-bond donors (Lipinski definition) is 0. The van der Waals surface area contributed by atoms with Gasteiger partial charge < -0.3 is 0 Å². The van der Waals surface area contributed by atoms with Gasteiger partial charge in [-0.3, -0.25) is 4.79 Å². The number of carbonyl (C=O) groups is 1. The van der Waals surface area contributed by atoms with Crippen LogP contribution >= 0.6 is 0 Å². The van der Waals surface area contributed by atoms with Gasteiger partial charge >= 0.3 is 0 Å². The van der Waals surface area contributed by atoms with Crippen LogP contribution in [0.3, 0.4) is 0 Å². The Hall–Kier alpha value is -1.68. The van der Waals surface area contributed by atoms with Gasteiger partial charge in [0.15, 0.2) is 15.6 Å². The molecule has 1 aliphatic heterocycles. The molecule has 1 aromatic rings. The molecular formula is C20H26O3S. The molecule has 1 aliphatic rings. The molecule has 24 heavy (non-hydrogen) atoms. The van der Waals surface area contributed by atoms with Crippen LogP contribution in [0.5, 0.6) is 0 Å². The zero-order chi connectivity index (χ0) is 17.7. The predicted octanol–water partition coefficient (Wildman–Crippen LogP) is 4.81. The highest BCUT2D eigenvalue weighted by Crippen LogP contribution is 2.32. The van der Waals surface area contributed by atoms with E-state index in [-0.39, 0.29) is 17.5 Å². The summed E-state index contributed by atoms with van der Waals surface area (Å²) in [5, 5.41) is 1.45. The van der Waals surface area contributed by atoms with Gasteiger partial charge in [0, 0.05) is 16.9 Å². The second-order valence-electron chi connectivity index (χ2n) is 6.72. The lowest BCUT2D eigenvalue weighted by Crippen LogP contribution is -2.09. The van der Waals surface area contributed by atoms with E-state index in [0.29, 0.717) is 11.1 Å². The average Bonchev–Trinajstić information content (AvgIpc) is 2.52. The Morgan fingerprint density at radius 1 is 1.08 bits per heavy atom. The van der Waals surface area contributed by atoms with Crippen molar-refractivity contribution in [2.75, 3.05) is 5.75 Å². The summed E-state index contributed by atoms with van der Waals surface area (Å²) in [7, 11) is -3.13. The molecule has 0 N–H and O–H groups in total. The first-order valence-electron chi connectivity index (χ1n) is 8.51. The van der Waals surface area contributed by atoms with Crippen LogP contribution in [0.4, 0.5) is 0 Å². The van der Waals surface area contributed by atoms with Crippen molar-refractivity contribution in [2.24, 2.45) is 0 Å². The summed E-state index contributed by atoms with van der Waals surface area (Å²) in [5.41, 5.74) is 3.10.